The first kappa shape index (κ1) is 26.0. The summed E-state index contributed by atoms with van der Waals surface area (Å²) in [5, 5.41) is 7.84. The molecule has 4 aromatic rings. The minimum Gasteiger partial charge on any atom is -0.494 e. The first-order chi connectivity index (χ1) is 17.8. The van der Waals surface area contributed by atoms with Gasteiger partial charge in [-0.15, -0.1) is 10.2 Å². The van der Waals surface area contributed by atoms with Crippen molar-refractivity contribution in [3.05, 3.63) is 66.6 Å². The number of rotatable bonds is 10. The van der Waals surface area contributed by atoms with Gasteiger partial charge in [0.25, 0.3) is 0 Å². The Hall–Kier alpha value is -4.06. The first-order valence-electron chi connectivity index (χ1n) is 11.4. The molecule has 0 bridgehead atoms. The number of hydrogen-bond donors (Lipinski definition) is 0. The van der Waals surface area contributed by atoms with E-state index in [2.05, 4.69) is 25.1 Å². The number of methoxy groups -OCH3 is 3. The molecule has 2 atom stereocenters. The highest BCUT2D eigenvalue weighted by molar-refractivity contribution is 7.91. The second-order valence-corrected chi connectivity index (χ2v) is 10.7. The molecule has 0 saturated carbocycles. The maximum absolute atomic E-state index is 13.6. The minimum absolute atomic E-state index is 0.210. The molecule has 0 fully saturated rings. The van der Waals surface area contributed by atoms with E-state index < -0.39 is 21.0 Å². The predicted molar refractivity (Wildman–Crippen MR) is 137 cm³/mol. The highest BCUT2D eigenvalue weighted by Crippen LogP contribution is 2.37. The van der Waals surface area contributed by atoms with Gasteiger partial charge in [-0.3, -0.25) is 14.5 Å². The van der Waals surface area contributed by atoms with Crippen molar-refractivity contribution in [1.82, 2.24) is 29.7 Å². The van der Waals surface area contributed by atoms with Crippen molar-refractivity contribution in [3.63, 3.8) is 0 Å². The summed E-state index contributed by atoms with van der Waals surface area (Å²) in [6.45, 7) is 3.45. The number of aromatic nitrogens is 6. The molecule has 0 N–H and O–H groups in total. The predicted octanol–water partition coefficient (Wildman–Crippen LogP) is 3.25. The molecule has 194 valence electrons. The van der Waals surface area contributed by atoms with Crippen LogP contribution in [0.2, 0.25) is 0 Å². The molecule has 1 aromatic carbocycles. The van der Waals surface area contributed by atoms with Crippen LogP contribution in [0.3, 0.4) is 0 Å². The Kier molecular flexibility index (Phi) is 7.67. The van der Waals surface area contributed by atoms with Gasteiger partial charge in [0.1, 0.15) is 22.9 Å². The smallest absolute Gasteiger partial charge is 0.231 e. The molecule has 12 heteroatoms. The molecular formula is C25H28N6O5S. The van der Waals surface area contributed by atoms with Gasteiger partial charge in [-0.1, -0.05) is 13.0 Å². The lowest BCUT2D eigenvalue weighted by Gasteiger charge is -2.21. The van der Waals surface area contributed by atoms with Crippen LogP contribution in [0.5, 0.6) is 17.4 Å². The Bertz CT molecular complexity index is 1440. The van der Waals surface area contributed by atoms with Crippen molar-refractivity contribution < 1.29 is 22.6 Å². The molecule has 0 aliphatic heterocycles. The fourth-order valence-electron chi connectivity index (χ4n) is 3.91. The Morgan fingerprint density at radius 3 is 2.19 bits per heavy atom. The molecule has 0 spiro atoms. The Balaban J connectivity index is 1.79. The van der Waals surface area contributed by atoms with Crippen molar-refractivity contribution in [3.8, 4) is 34.5 Å². The molecule has 3 heterocycles. The van der Waals surface area contributed by atoms with Crippen LogP contribution < -0.4 is 14.2 Å². The van der Waals surface area contributed by atoms with Crippen LogP contribution in [-0.2, 0) is 15.6 Å². The third kappa shape index (κ3) is 5.24. The number of benzene rings is 1. The number of ether oxygens (including phenoxy) is 3. The zero-order valence-corrected chi connectivity index (χ0v) is 22.0. The molecule has 0 radical (unpaired) electrons. The SMILES string of the molecule is COc1cnc([C@@H](C)[C@@H](C)S(=O)(=O)Cc2nnc(-c3cccnc3)n2-c2c(OC)cccc2OC)cn1. The Morgan fingerprint density at radius 1 is 0.892 bits per heavy atom. The van der Waals surface area contributed by atoms with Gasteiger partial charge >= 0.3 is 0 Å². The quantitative estimate of drug-likeness (QED) is 0.304. The van der Waals surface area contributed by atoms with Crippen molar-refractivity contribution in [2.24, 2.45) is 0 Å². The van der Waals surface area contributed by atoms with E-state index in [1.165, 1.54) is 33.7 Å². The van der Waals surface area contributed by atoms with E-state index >= 15 is 0 Å². The van der Waals surface area contributed by atoms with E-state index in [9.17, 15) is 8.42 Å². The fraction of sp³-hybridized carbons (Fsp3) is 0.320. The van der Waals surface area contributed by atoms with Gasteiger partial charge in [-0.25, -0.2) is 13.4 Å². The number of para-hydroxylation sites is 1. The Labute approximate surface area is 215 Å². The van der Waals surface area contributed by atoms with Crippen LogP contribution in [0.4, 0.5) is 0 Å². The summed E-state index contributed by atoms with van der Waals surface area (Å²) in [5.74, 6) is 1.10. The summed E-state index contributed by atoms with van der Waals surface area (Å²) in [6.07, 6.45) is 6.27. The molecule has 3 aromatic heterocycles. The molecule has 0 saturated heterocycles. The topological polar surface area (TPSA) is 131 Å². The summed E-state index contributed by atoms with van der Waals surface area (Å²) in [5.41, 5.74) is 1.69. The van der Waals surface area contributed by atoms with E-state index in [1.807, 2.05) is 6.07 Å². The molecule has 0 amide bonds. The van der Waals surface area contributed by atoms with Crippen LogP contribution >= 0.6 is 0 Å². The number of sulfone groups is 1. The van der Waals surface area contributed by atoms with Crippen LogP contribution in [0.1, 0.15) is 31.3 Å². The van der Waals surface area contributed by atoms with E-state index in [0.717, 1.165) is 0 Å². The van der Waals surface area contributed by atoms with Gasteiger partial charge in [-0.05, 0) is 31.2 Å². The maximum Gasteiger partial charge on any atom is 0.231 e. The second kappa shape index (κ2) is 10.9. The van der Waals surface area contributed by atoms with E-state index in [1.54, 1.807) is 55.1 Å². The summed E-state index contributed by atoms with van der Waals surface area (Å²) in [6, 6.07) is 8.89. The van der Waals surface area contributed by atoms with E-state index in [-0.39, 0.29) is 11.6 Å². The summed E-state index contributed by atoms with van der Waals surface area (Å²) < 4.78 is 45.2. The third-order valence-electron chi connectivity index (χ3n) is 6.20. The molecule has 37 heavy (non-hydrogen) atoms. The lowest BCUT2D eigenvalue weighted by molar-refractivity contribution is 0.390. The summed E-state index contributed by atoms with van der Waals surface area (Å²) in [4.78, 5) is 12.7. The number of hydrogen-bond acceptors (Lipinski definition) is 10. The van der Waals surface area contributed by atoms with Crippen molar-refractivity contribution in [2.45, 2.75) is 30.8 Å². The lowest BCUT2D eigenvalue weighted by Crippen LogP contribution is -2.27. The van der Waals surface area contributed by atoms with Crippen LogP contribution in [0.15, 0.2) is 55.1 Å². The van der Waals surface area contributed by atoms with Crippen molar-refractivity contribution in [1.29, 1.82) is 0 Å². The molecule has 4 rings (SSSR count). The molecule has 11 nitrogen and oxygen atoms in total. The van der Waals surface area contributed by atoms with E-state index in [0.29, 0.717) is 40.1 Å². The van der Waals surface area contributed by atoms with Gasteiger partial charge in [-0.2, -0.15) is 0 Å². The third-order valence-corrected chi connectivity index (χ3v) is 8.40. The van der Waals surface area contributed by atoms with Gasteiger partial charge in [0, 0.05) is 23.9 Å². The maximum atomic E-state index is 13.6. The summed E-state index contributed by atoms with van der Waals surface area (Å²) >= 11 is 0. The average molecular weight is 525 g/mol. The van der Waals surface area contributed by atoms with Crippen LogP contribution in [0.25, 0.3) is 17.1 Å². The highest BCUT2D eigenvalue weighted by atomic mass is 32.2. The van der Waals surface area contributed by atoms with Crippen LogP contribution in [-0.4, -0.2) is 64.7 Å². The molecule has 0 aliphatic carbocycles. The highest BCUT2D eigenvalue weighted by Gasteiger charge is 2.32. The molecular weight excluding hydrogens is 496 g/mol. The largest absolute Gasteiger partial charge is 0.494 e. The van der Waals surface area contributed by atoms with Crippen LogP contribution in [0, 0.1) is 0 Å². The minimum atomic E-state index is -3.73. The molecule has 0 unspecified atom stereocenters. The average Bonchev–Trinajstić information content (AvgIpc) is 3.34. The normalized spacial score (nSPS) is 13.1. The lowest BCUT2D eigenvalue weighted by atomic mass is 10.1. The molecule has 0 aliphatic rings. The van der Waals surface area contributed by atoms with Gasteiger partial charge in [0.15, 0.2) is 21.5 Å². The standard InChI is InChI=1S/C25H28N6O5S/c1-16(19-13-28-23(36-5)14-27-19)17(2)37(32,33)15-22-29-30-25(18-8-7-11-26-12-18)31(22)24-20(34-3)9-6-10-21(24)35-4/h6-14,16-17H,15H2,1-5H3/t16-,17+/m0/s1. The van der Waals surface area contributed by atoms with Gasteiger partial charge < -0.3 is 14.2 Å². The zero-order chi connectivity index (χ0) is 26.6. The number of nitrogens with zero attached hydrogens (tertiary/aromatic N) is 6. The monoisotopic (exact) mass is 524 g/mol. The Morgan fingerprint density at radius 2 is 1.62 bits per heavy atom. The van der Waals surface area contributed by atoms with Crippen molar-refractivity contribution >= 4 is 9.84 Å². The fourth-order valence-corrected chi connectivity index (χ4v) is 5.48. The zero-order valence-electron chi connectivity index (χ0n) is 21.2. The first-order valence-corrected chi connectivity index (χ1v) is 13.2. The van der Waals surface area contributed by atoms with Gasteiger partial charge in [0.2, 0.25) is 5.88 Å². The van der Waals surface area contributed by atoms with E-state index in [4.69, 9.17) is 14.2 Å². The number of pyridine rings is 1. The van der Waals surface area contributed by atoms with Gasteiger partial charge in [0.05, 0.1) is 44.7 Å². The second-order valence-electron chi connectivity index (χ2n) is 8.31. The summed E-state index contributed by atoms with van der Waals surface area (Å²) in [7, 11) is 0.819. The van der Waals surface area contributed by atoms with Crippen molar-refractivity contribution in [2.75, 3.05) is 21.3 Å².